The second-order valence-corrected chi connectivity index (χ2v) is 5.04. The molecule has 0 aliphatic carbocycles. The average molecular weight is 259 g/mol. The molecule has 1 aromatic carbocycles. The fourth-order valence-electron chi connectivity index (χ4n) is 2.51. The molecule has 1 atom stereocenters. The fourth-order valence-corrected chi connectivity index (χ4v) is 2.51. The second kappa shape index (κ2) is 5.45. The van der Waals surface area contributed by atoms with Crippen LogP contribution in [0, 0.1) is 6.92 Å². The minimum Gasteiger partial charge on any atom is -0.330 e. The Labute approximate surface area is 113 Å². The van der Waals surface area contributed by atoms with E-state index in [1.165, 1.54) is 5.56 Å². The number of benzene rings is 1. The van der Waals surface area contributed by atoms with E-state index in [0.29, 0.717) is 12.5 Å². The van der Waals surface area contributed by atoms with Gasteiger partial charge in [0.05, 0.1) is 5.69 Å². The molecule has 2 aromatic rings. The molecule has 1 unspecified atom stereocenters. The van der Waals surface area contributed by atoms with Gasteiger partial charge in [0.15, 0.2) is 0 Å². The summed E-state index contributed by atoms with van der Waals surface area (Å²) in [5, 5.41) is 0. The minimum atomic E-state index is -0.00935. The van der Waals surface area contributed by atoms with E-state index in [1.54, 1.807) is 16.2 Å². The molecule has 0 bridgehead atoms. The number of rotatable bonds is 4. The maximum Gasteiger partial charge on any atom is 0.332 e. The first-order valence-electron chi connectivity index (χ1n) is 6.60. The lowest BCUT2D eigenvalue weighted by molar-refractivity contribution is 0.682. The summed E-state index contributed by atoms with van der Waals surface area (Å²) < 4.78 is 3.38. The molecule has 1 heterocycles. The van der Waals surface area contributed by atoms with Gasteiger partial charge in [-0.15, -0.1) is 0 Å². The zero-order valence-electron chi connectivity index (χ0n) is 11.8. The lowest BCUT2D eigenvalue weighted by atomic mass is 9.96. The lowest BCUT2D eigenvalue weighted by Crippen LogP contribution is -2.22. The van der Waals surface area contributed by atoms with Gasteiger partial charge >= 0.3 is 5.69 Å². The third-order valence-corrected chi connectivity index (χ3v) is 3.53. The van der Waals surface area contributed by atoms with Gasteiger partial charge in [-0.3, -0.25) is 4.57 Å². The van der Waals surface area contributed by atoms with Gasteiger partial charge in [-0.05, 0) is 37.4 Å². The number of hydrogen-bond acceptors (Lipinski definition) is 2. The standard InChI is InChI=1S/C15H21N3O/c1-11(8-9-16)13-6-4-5-7-14(13)18-12(2)10-17(3)15(18)19/h4-7,10-11H,8-9,16H2,1-3H3. The van der Waals surface area contributed by atoms with E-state index in [9.17, 15) is 4.79 Å². The SMILES string of the molecule is Cc1cn(C)c(=O)n1-c1ccccc1C(C)CCN. The number of nitrogens with zero attached hydrogens (tertiary/aromatic N) is 2. The van der Waals surface area contributed by atoms with Crippen molar-refractivity contribution in [1.29, 1.82) is 0 Å². The van der Waals surface area contributed by atoms with E-state index >= 15 is 0 Å². The van der Waals surface area contributed by atoms with E-state index in [2.05, 4.69) is 13.0 Å². The highest BCUT2D eigenvalue weighted by atomic mass is 16.1. The molecule has 2 N–H and O–H groups in total. The van der Waals surface area contributed by atoms with Crippen LogP contribution in [-0.4, -0.2) is 15.7 Å². The van der Waals surface area contributed by atoms with Crippen LogP contribution < -0.4 is 11.4 Å². The first-order chi connectivity index (χ1) is 9.06. The van der Waals surface area contributed by atoms with Crippen molar-refractivity contribution >= 4 is 0 Å². The Morgan fingerprint density at radius 1 is 1.32 bits per heavy atom. The molecule has 0 spiro atoms. The molecule has 4 heteroatoms. The number of imidazole rings is 1. The topological polar surface area (TPSA) is 53.0 Å². The number of hydrogen-bond donors (Lipinski definition) is 1. The van der Waals surface area contributed by atoms with E-state index in [0.717, 1.165) is 17.8 Å². The quantitative estimate of drug-likeness (QED) is 0.912. The Balaban J connectivity index is 2.60. The summed E-state index contributed by atoms with van der Waals surface area (Å²) in [5.41, 5.74) is 8.72. The summed E-state index contributed by atoms with van der Waals surface area (Å²) in [4.78, 5) is 12.2. The lowest BCUT2D eigenvalue weighted by Gasteiger charge is -2.16. The van der Waals surface area contributed by atoms with Crippen molar-refractivity contribution < 1.29 is 0 Å². The van der Waals surface area contributed by atoms with Crippen LogP contribution in [0.2, 0.25) is 0 Å². The van der Waals surface area contributed by atoms with Crippen molar-refractivity contribution in [3.8, 4) is 5.69 Å². The van der Waals surface area contributed by atoms with Crippen molar-refractivity contribution in [2.75, 3.05) is 6.54 Å². The molecule has 1 aromatic heterocycles. The number of nitrogens with two attached hydrogens (primary N) is 1. The summed E-state index contributed by atoms with van der Waals surface area (Å²) in [6, 6.07) is 8.05. The second-order valence-electron chi connectivity index (χ2n) is 5.04. The molecule has 0 aliphatic heterocycles. The molecule has 0 saturated heterocycles. The van der Waals surface area contributed by atoms with Crippen LogP contribution in [0.4, 0.5) is 0 Å². The normalized spacial score (nSPS) is 12.6. The molecule has 102 valence electrons. The van der Waals surface area contributed by atoms with Gasteiger partial charge in [-0.1, -0.05) is 25.1 Å². The molecule has 2 rings (SSSR count). The molecular formula is C15H21N3O. The molecule has 0 amide bonds. The minimum absolute atomic E-state index is 0.00935. The maximum absolute atomic E-state index is 12.2. The third-order valence-electron chi connectivity index (χ3n) is 3.53. The summed E-state index contributed by atoms with van der Waals surface area (Å²) in [5.74, 6) is 0.340. The molecular weight excluding hydrogens is 238 g/mol. The third kappa shape index (κ3) is 2.49. The molecule has 0 radical (unpaired) electrons. The smallest absolute Gasteiger partial charge is 0.330 e. The zero-order valence-corrected chi connectivity index (χ0v) is 11.8. The first-order valence-corrected chi connectivity index (χ1v) is 6.60. The highest BCUT2D eigenvalue weighted by Crippen LogP contribution is 2.25. The zero-order chi connectivity index (χ0) is 14.0. The summed E-state index contributed by atoms with van der Waals surface area (Å²) in [6.07, 6.45) is 2.77. The van der Waals surface area contributed by atoms with E-state index in [1.807, 2.05) is 31.3 Å². The van der Waals surface area contributed by atoms with Crippen LogP contribution in [0.3, 0.4) is 0 Å². The highest BCUT2D eigenvalue weighted by Gasteiger charge is 2.15. The van der Waals surface area contributed by atoms with Gasteiger partial charge in [0.1, 0.15) is 0 Å². The van der Waals surface area contributed by atoms with Crippen LogP contribution in [0.25, 0.3) is 5.69 Å². The molecule has 4 nitrogen and oxygen atoms in total. The van der Waals surface area contributed by atoms with Crippen LogP contribution >= 0.6 is 0 Å². The monoisotopic (exact) mass is 259 g/mol. The average Bonchev–Trinajstić information content (AvgIpc) is 2.63. The largest absolute Gasteiger partial charge is 0.332 e. The van der Waals surface area contributed by atoms with E-state index in [-0.39, 0.29) is 5.69 Å². The van der Waals surface area contributed by atoms with Crippen LogP contribution in [0.1, 0.15) is 30.5 Å². The summed E-state index contributed by atoms with van der Waals surface area (Å²) in [6.45, 7) is 4.75. The Morgan fingerprint density at radius 3 is 2.58 bits per heavy atom. The summed E-state index contributed by atoms with van der Waals surface area (Å²) in [7, 11) is 1.78. The number of para-hydroxylation sites is 1. The predicted molar refractivity (Wildman–Crippen MR) is 77.8 cm³/mol. The number of aryl methyl sites for hydroxylation is 2. The van der Waals surface area contributed by atoms with Gasteiger partial charge < -0.3 is 10.3 Å². The Morgan fingerprint density at radius 2 is 2.00 bits per heavy atom. The highest BCUT2D eigenvalue weighted by molar-refractivity contribution is 5.44. The van der Waals surface area contributed by atoms with Gasteiger partial charge in [-0.2, -0.15) is 0 Å². The van der Waals surface area contributed by atoms with Crippen molar-refractivity contribution in [3.05, 3.63) is 52.2 Å². The Bertz CT molecular complexity index is 625. The fraction of sp³-hybridized carbons (Fsp3) is 0.400. The van der Waals surface area contributed by atoms with Gasteiger partial charge in [-0.25, -0.2) is 4.79 Å². The van der Waals surface area contributed by atoms with Crippen molar-refractivity contribution in [1.82, 2.24) is 9.13 Å². The van der Waals surface area contributed by atoms with Crippen LogP contribution in [-0.2, 0) is 7.05 Å². The Hall–Kier alpha value is -1.81. The van der Waals surface area contributed by atoms with Gasteiger partial charge in [0.2, 0.25) is 0 Å². The van der Waals surface area contributed by atoms with Crippen LogP contribution in [0.15, 0.2) is 35.3 Å². The molecule has 0 saturated carbocycles. The van der Waals surface area contributed by atoms with E-state index < -0.39 is 0 Å². The van der Waals surface area contributed by atoms with Crippen molar-refractivity contribution in [2.45, 2.75) is 26.2 Å². The maximum atomic E-state index is 12.2. The summed E-state index contributed by atoms with van der Waals surface area (Å²) >= 11 is 0. The van der Waals surface area contributed by atoms with Crippen molar-refractivity contribution in [3.63, 3.8) is 0 Å². The first kappa shape index (κ1) is 13.6. The molecule has 0 aliphatic rings. The predicted octanol–water partition coefficient (Wildman–Crippen LogP) is 1.94. The molecule has 0 fully saturated rings. The van der Waals surface area contributed by atoms with Gasteiger partial charge in [0.25, 0.3) is 0 Å². The van der Waals surface area contributed by atoms with Gasteiger partial charge in [0, 0.05) is 18.9 Å². The molecule has 19 heavy (non-hydrogen) atoms. The Kier molecular flexibility index (Phi) is 3.90. The van der Waals surface area contributed by atoms with E-state index in [4.69, 9.17) is 5.73 Å². The van der Waals surface area contributed by atoms with Crippen LogP contribution in [0.5, 0.6) is 0 Å². The van der Waals surface area contributed by atoms with Crippen molar-refractivity contribution in [2.24, 2.45) is 12.8 Å². The number of aromatic nitrogens is 2.